The summed E-state index contributed by atoms with van der Waals surface area (Å²) in [6.07, 6.45) is 2.01. The topological polar surface area (TPSA) is 62.4 Å². The first-order valence-electron chi connectivity index (χ1n) is 6.94. The third-order valence-electron chi connectivity index (χ3n) is 3.37. The molecule has 21 heavy (non-hydrogen) atoms. The zero-order chi connectivity index (χ0) is 15.4. The molecule has 0 spiro atoms. The fourth-order valence-electron chi connectivity index (χ4n) is 2.25. The van der Waals surface area contributed by atoms with Gasteiger partial charge in [0.1, 0.15) is 0 Å². The Kier molecular flexibility index (Phi) is 4.62. The highest BCUT2D eigenvalue weighted by atomic mass is 16.5. The van der Waals surface area contributed by atoms with Gasteiger partial charge >= 0.3 is 5.97 Å². The highest BCUT2D eigenvalue weighted by molar-refractivity contribution is 5.85. The molecule has 5 nitrogen and oxygen atoms in total. The number of amides is 1. The summed E-state index contributed by atoms with van der Waals surface area (Å²) < 4.78 is 5.14. The first-order valence-corrected chi connectivity index (χ1v) is 6.94. The number of rotatable bonds is 5. The SMILES string of the molecule is C[C@@H](OC(=O)CCc1c[nH]c2ccccc12)C(=O)N(C)C. The number of aromatic amines is 1. The molecule has 1 N–H and O–H groups in total. The van der Waals surface area contributed by atoms with E-state index in [2.05, 4.69) is 4.98 Å². The van der Waals surface area contributed by atoms with E-state index < -0.39 is 6.10 Å². The Morgan fingerprint density at radius 3 is 2.71 bits per heavy atom. The van der Waals surface area contributed by atoms with Crippen molar-refractivity contribution < 1.29 is 14.3 Å². The maximum Gasteiger partial charge on any atom is 0.306 e. The van der Waals surface area contributed by atoms with Gasteiger partial charge in [-0.25, -0.2) is 0 Å². The van der Waals surface area contributed by atoms with Crippen LogP contribution in [0.2, 0.25) is 0 Å². The van der Waals surface area contributed by atoms with Crippen LogP contribution in [0.1, 0.15) is 18.9 Å². The van der Waals surface area contributed by atoms with Gasteiger partial charge in [-0.3, -0.25) is 9.59 Å². The van der Waals surface area contributed by atoms with E-state index in [1.54, 1.807) is 21.0 Å². The Morgan fingerprint density at radius 2 is 2.00 bits per heavy atom. The van der Waals surface area contributed by atoms with E-state index in [0.717, 1.165) is 16.5 Å². The Morgan fingerprint density at radius 1 is 1.29 bits per heavy atom. The molecular weight excluding hydrogens is 268 g/mol. The highest BCUT2D eigenvalue weighted by Crippen LogP contribution is 2.19. The van der Waals surface area contributed by atoms with Crippen LogP contribution in [0.25, 0.3) is 10.9 Å². The predicted molar refractivity (Wildman–Crippen MR) is 80.9 cm³/mol. The van der Waals surface area contributed by atoms with Gasteiger partial charge in [0.25, 0.3) is 5.91 Å². The van der Waals surface area contributed by atoms with Gasteiger partial charge in [0.2, 0.25) is 0 Å². The van der Waals surface area contributed by atoms with Crippen LogP contribution in [-0.2, 0) is 20.7 Å². The minimum atomic E-state index is -0.740. The summed E-state index contributed by atoms with van der Waals surface area (Å²) >= 11 is 0. The molecule has 0 saturated heterocycles. The minimum absolute atomic E-state index is 0.213. The van der Waals surface area contributed by atoms with Crippen LogP contribution in [0.4, 0.5) is 0 Å². The number of esters is 1. The van der Waals surface area contributed by atoms with Crippen LogP contribution in [0.5, 0.6) is 0 Å². The van der Waals surface area contributed by atoms with E-state index in [4.69, 9.17) is 4.74 Å². The standard InChI is InChI=1S/C16H20N2O3/c1-11(16(20)18(2)3)21-15(19)9-8-12-10-17-14-7-5-4-6-13(12)14/h4-7,10-11,17H,8-9H2,1-3H3/t11-/m1/s1. The largest absolute Gasteiger partial charge is 0.453 e. The number of ether oxygens (including phenoxy) is 1. The number of likely N-dealkylation sites (N-methyl/N-ethyl adjacent to an activating group) is 1. The van der Waals surface area contributed by atoms with Crippen LogP contribution < -0.4 is 0 Å². The van der Waals surface area contributed by atoms with E-state index in [0.29, 0.717) is 6.42 Å². The van der Waals surface area contributed by atoms with Crippen molar-refractivity contribution in [3.05, 3.63) is 36.0 Å². The molecule has 0 aliphatic rings. The lowest BCUT2D eigenvalue weighted by Gasteiger charge is -2.17. The lowest BCUT2D eigenvalue weighted by molar-refractivity contribution is -0.157. The number of nitrogens with one attached hydrogen (secondary N) is 1. The van der Waals surface area contributed by atoms with E-state index in [9.17, 15) is 9.59 Å². The van der Waals surface area contributed by atoms with E-state index in [1.807, 2.05) is 30.5 Å². The molecule has 0 aliphatic carbocycles. The smallest absolute Gasteiger partial charge is 0.306 e. The second-order valence-corrected chi connectivity index (χ2v) is 5.22. The molecule has 2 aromatic rings. The second kappa shape index (κ2) is 6.43. The number of carbonyl (C=O) groups is 2. The lowest BCUT2D eigenvalue weighted by atomic mass is 10.1. The van der Waals surface area contributed by atoms with Gasteiger partial charge in [0, 0.05) is 37.6 Å². The third-order valence-corrected chi connectivity index (χ3v) is 3.37. The highest BCUT2D eigenvalue weighted by Gasteiger charge is 2.19. The summed E-state index contributed by atoms with van der Waals surface area (Å²) in [7, 11) is 3.28. The van der Waals surface area contributed by atoms with Crippen molar-refractivity contribution in [2.45, 2.75) is 25.9 Å². The molecule has 1 aromatic carbocycles. The van der Waals surface area contributed by atoms with Crippen LogP contribution >= 0.6 is 0 Å². The van der Waals surface area contributed by atoms with E-state index >= 15 is 0 Å². The minimum Gasteiger partial charge on any atom is -0.453 e. The number of aryl methyl sites for hydroxylation is 1. The zero-order valence-corrected chi connectivity index (χ0v) is 12.6. The molecule has 1 atom stereocenters. The molecule has 0 unspecified atom stereocenters. The Balaban J connectivity index is 1.91. The van der Waals surface area contributed by atoms with Crippen molar-refractivity contribution in [2.75, 3.05) is 14.1 Å². The average molecular weight is 288 g/mol. The number of aromatic nitrogens is 1. The van der Waals surface area contributed by atoms with Gasteiger partial charge in [-0.15, -0.1) is 0 Å². The quantitative estimate of drug-likeness (QED) is 0.857. The summed E-state index contributed by atoms with van der Waals surface area (Å²) in [5.41, 5.74) is 2.13. The van der Waals surface area contributed by atoms with Gasteiger partial charge in [-0.05, 0) is 25.0 Å². The molecule has 5 heteroatoms. The number of hydrogen-bond acceptors (Lipinski definition) is 3. The molecule has 112 valence electrons. The predicted octanol–water partition coefficient (Wildman–Crippen LogP) is 2.12. The van der Waals surface area contributed by atoms with Crippen molar-refractivity contribution in [2.24, 2.45) is 0 Å². The molecule has 0 aliphatic heterocycles. The number of para-hydroxylation sites is 1. The maximum atomic E-state index is 11.8. The van der Waals surface area contributed by atoms with Gasteiger partial charge in [-0.1, -0.05) is 18.2 Å². The number of carbonyl (C=O) groups excluding carboxylic acids is 2. The molecule has 1 heterocycles. The fraction of sp³-hybridized carbons (Fsp3) is 0.375. The van der Waals surface area contributed by atoms with Gasteiger partial charge < -0.3 is 14.6 Å². The van der Waals surface area contributed by atoms with Gasteiger partial charge in [0.15, 0.2) is 6.10 Å². The number of H-pyrrole nitrogens is 1. The van der Waals surface area contributed by atoms with Crippen molar-refractivity contribution in [3.8, 4) is 0 Å². The fourth-order valence-corrected chi connectivity index (χ4v) is 2.25. The molecule has 1 aromatic heterocycles. The molecule has 0 radical (unpaired) electrons. The number of nitrogens with zero attached hydrogens (tertiary/aromatic N) is 1. The van der Waals surface area contributed by atoms with Crippen molar-refractivity contribution >= 4 is 22.8 Å². The van der Waals surface area contributed by atoms with Crippen LogP contribution in [0.3, 0.4) is 0 Å². The van der Waals surface area contributed by atoms with Gasteiger partial charge in [0.05, 0.1) is 0 Å². The molecular formula is C16H20N2O3. The third kappa shape index (κ3) is 3.62. The zero-order valence-electron chi connectivity index (χ0n) is 12.6. The summed E-state index contributed by atoms with van der Waals surface area (Å²) in [4.78, 5) is 28.0. The second-order valence-electron chi connectivity index (χ2n) is 5.22. The van der Waals surface area contributed by atoms with Crippen LogP contribution in [-0.4, -0.2) is 42.0 Å². The molecule has 0 saturated carbocycles. The number of hydrogen-bond donors (Lipinski definition) is 1. The average Bonchev–Trinajstić information content (AvgIpc) is 2.87. The lowest BCUT2D eigenvalue weighted by Crippen LogP contribution is -2.34. The molecule has 2 rings (SSSR count). The normalized spacial score (nSPS) is 12.1. The van der Waals surface area contributed by atoms with Gasteiger partial charge in [-0.2, -0.15) is 0 Å². The molecule has 0 fully saturated rings. The Labute approximate surface area is 123 Å². The van der Waals surface area contributed by atoms with Crippen LogP contribution in [0.15, 0.2) is 30.5 Å². The maximum absolute atomic E-state index is 11.8. The molecule has 1 amide bonds. The van der Waals surface area contributed by atoms with Crippen molar-refractivity contribution in [3.63, 3.8) is 0 Å². The molecule has 0 bridgehead atoms. The Hall–Kier alpha value is -2.30. The summed E-state index contributed by atoms with van der Waals surface area (Å²) in [5.74, 6) is -0.571. The summed E-state index contributed by atoms with van der Waals surface area (Å²) in [5, 5.41) is 1.11. The summed E-state index contributed by atoms with van der Waals surface area (Å²) in [6.45, 7) is 1.59. The first-order chi connectivity index (χ1) is 9.99. The van der Waals surface area contributed by atoms with E-state index in [1.165, 1.54) is 4.90 Å². The van der Waals surface area contributed by atoms with Crippen molar-refractivity contribution in [1.29, 1.82) is 0 Å². The van der Waals surface area contributed by atoms with Crippen LogP contribution in [0, 0.1) is 0 Å². The number of benzene rings is 1. The first kappa shape index (κ1) is 15.1. The summed E-state index contributed by atoms with van der Waals surface area (Å²) in [6, 6.07) is 7.95. The van der Waals surface area contributed by atoms with Crippen molar-refractivity contribution in [1.82, 2.24) is 9.88 Å². The van der Waals surface area contributed by atoms with E-state index in [-0.39, 0.29) is 18.3 Å². The number of fused-ring (bicyclic) bond motifs is 1. The Bertz CT molecular complexity index is 646. The monoisotopic (exact) mass is 288 g/mol.